The Labute approximate surface area is 127 Å². The molecule has 1 aromatic heterocycles. The Morgan fingerprint density at radius 2 is 1.59 bits per heavy atom. The molecule has 0 unspecified atom stereocenters. The Hall–Kier alpha value is -3.39. The summed E-state index contributed by atoms with van der Waals surface area (Å²) in [6, 6.07) is 18.3. The van der Waals surface area contributed by atoms with Crippen LogP contribution in [0.15, 0.2) is 67.0 Å². The van der Waals surface area contributed by atoms with E-state index in [1.165, 1.54) is 0 Å². The molecule has 0 aliphatic carbocycles. The average Bonchev–Trinajstić information content (AvgIpc) is 2.58. The van der Waals surface area contributed by atoms with Gasteiger partial charge in [-0.15, -0.1) is 0 Å². The minimum Gasteiger partial charge on any atom is -0.452 e. The van der Waals surface area contributed by atoms with E-state index in [0.717, 1.165) is 0 Å². The maximum atomic E-state index is 9.27. The zero-order valence-electron chi connectivity index (χ0n) is 11.5. The SMILES string of the molecule is N#Cc1cccc(Oc2ncccn2)c1Oc1ccccc1. The molecular formula is C17H11N3O2. The first-order valence-corrected chi connectivity index (χ1v) is 6.58. The number of ether oxygens (including phenoxy) is 2. The molecule has 0 atom stereocenters. The van der Waals surface area contributed by atoms with Gasteiger partial charge in [0.15, 0.2) is 11.5 Å². The van der Waals surface area contributed by atoms with E-state index in [0.29, 0.717) is 22.8 Å². The molecule has 0 saturated heterocycles. The highest BCUT2D eigenvalue weighted by atomic mass is 16.5. The Kier molecular flexibility index (Phi) is 3.94. The Morgan fingerprint density at radius 3 is 2.32 bits per heavy atom. The molecule has 1 heterocycles. The van der Waals surface area contributed by atoms with Crippen LogP contribution in [0.2, 0.25) is 0 Å². The summed E-state index contributed by atoms with van der Waals surface area (Å²) in [5.74, 6) is 1.33. The fraction of sp³-hybridized carbons (Fsp3) is 0. The molecule has 0 spiro atoms. The second-order valence-corrected chi connectivity index (χ2v) is 4.29. The second kappa shape index (κ2) is 6.37. The highest BCUT2D eigenvalue weighted by molar-refractivity contribution is 5.54. The zero-order chi connectivity index (χ0) is 15.2. The third-order valence-corrected chi connectivity index (χ3v) is 2.81. The van der Waals surface area contributed by atoms with Gasteiger partial charge in [0, 0.05) is 12.4 Å². The lowest BCUT2D eigenvalue weighted by molar-refractivity contribution is 0.397. The molecule has 0 radical (unpaired) electrons. The van der Waals surface area contributed by atoms with Crippen molar-refractivity contribution in [2.45, 2.75) is 0 Å². The average molecular weight is 289 g/mol. The van der Waals surface area contributed by atoms with Gasteiger partial charge >= 0.3 is 6.01 Å². The summed E-state index contributed by atoms with van der Waals surface area (Å²) < 4.78 is 11.4. The first-order valence-electron chi connectivity index (χ1n) is 6.58. The van der Waals surface area contributed by atoms with Gasteiger partial charge in [-0.25, -0.2) is 9.97 Å². The van der Waals surface area contributed by atoms with Crippen molar-refractivity contribution in [1.82, 2.24) is 9.97 Å². The van der Waals surface area contributed by atoms with Crippen molar-refractivity contribution in [3.8, 4) is 29.3 Å². The van der Waals surface area contributed by atoms with Crippen LogP contribution in [-0.4, -0.2) is 9.97 Å². The van der Waals surface area contributed by atoms with Crippen LogP contribution in [0.1, 0.15) is 5.56 Å². The molecule has 0 aliphatic rings. The van der Waals surface area contributed by atoms with Gasteiger partial charge in [-0.05, 0) is 30.3 Å². The summed E-state index contributed by atoms with van der Waals surface area (Å²) in [4.78, 5) is 8.01. The molecule has 106 valence electrons. The van der Waals surface area contributed by atoms with E-state index in [1.54, 1.807) is 48.8 Å². The van der Waals surface area contributed by atoms with Gasteiger partial charge in [0.1, 0.15) is 11.8 Å². The number of rotatable bonds is 4. The lowest BCUT2D eigenvalue weighted by Gasteiger charge is -2.12. The van der Waals surface area contributed by atoms with Crippen molar-refractivity contribution in [2.75, 3.05) is 0 Å². The second-order valence-electron chi connectivity index (χ2n) is 4.29. The van der Waals surface area contributed by atoms with Crippen LogP contribution in [0.25, 0.3) is 0 Å². The lowest BCUT2D eigenvalue weighted by Crippen LogP contribution is -1.95. The summed E-state index contributed by atoms with van der Waals surface area (Å²) in [6.45, 7) is 0. The molecule has 3 aromatic rings. The van der Waals surface area contributed by atoms with Crippen LogP contribution < -0.4 is 9.47 Å². The monoisotopic (exact) mass is 289 g/mol. The lowest BCUT2D eigenvalue weighted by atomic mass is 10.2. The van der Waals surface area contributed by atoms with Crippen molar-refractivity contribution >= 4 is 0 Å². The van der Waals surface area contributed by atoms with Crippen LogP contribution in [-0.2, 0) is 0 Å². The highest BCUT2D eigenvalue weighted by Crippen LogP contribution is 2.36. The van der Waals surface area contributed by atoms with E-state index in [9.17, 15) is 5.26 Å². The van der Waals surface area contributed by atoms with E-state index in [-0.39, 0.29) is 6.01 Å². The Bertz CT molecular complexity index is 799. The summed E-state index contributed by atoms with van der Waals surface area (Å²) in [6.07, 6.45) is 3.16. The largest absolute Gasteiger partial charge is 0.452 e. The highest BCUT2D eigenvalue weighted by Gasteiger charge is 2.14. The number of hydrogen-bond acceptors (Lipinski definition) is 5. The van der Waals surface area contributed by atoms with Crippen LogP contribution >= 0.6 is 0 Å². The van der Waals surface area contributed by atoms with Crippen LogP contribution in [0.4, 0.5) is 0 Å². The quantitative estimate of drug-likeness (QED) is 0.727. The number of nitrogens with zero attached hydrogens (tertiary/aromatic N) is 3. The van der Waals surface area contributed by atoms with Crippen LogP contribution in [0, 0.1) is 11.3 Å². The van der Waals surface area contributed by atoms with Crippen LogP contribution in [0.5, 0.6) is 23.3 Å². The summed E-state index contributed by atoms with van der Waals surface area (Å²) in [5, 5.41) is 9.27. The van der Waals surface area contributed by atoms with Gasteiger partial charge in [0.2, 0.25) is 0 Å². The topological polar surface area (TPSA) is 68.0 Å². The Morgan fingerprint density at radius 1 is 0.818 bits per heavy atom. The van der Waals surface area contributed by atoms with E-state index >= 15 is 0 Å². The molecule has 0 bridgehead atoms. The van der Waals surface area contributed by atoms with Gasteiger partial charge in [0.05, 0.1) is 5.56 Å². The van der Waals surface area contributed by atoms with Crippen molar-refractivity contribution in [3.63, 3.8) is 0 Å². The van der Waals surface area contributed by atoms with E-state index in [2.05, 4.69) is 16.0 Å². The summed E-state index contributed by atoms with van der Waals surface area (Å²) in [5.41, 5.74) is 0.372. The number of hydrogen-bond donors (Lipinski definition) is 0. The molecule has 5 heteroatoms. The van der Waals surface area contributed by atoms with Crippen molar-refractivity contribution in [2.24, 2.45) is 0 Å². The van der Waals surface area contributed by atoms with Crippen LogP contribution in [0.3, 0.4) is 0 Å². The maximum Gasteiger partial charge on any atom is 0.321 e. The summed E-state index contributed by atoms with van der Waals surface area (Å²) in [7, 11) is 0. The third-order valence-electron chi connectivity index (χ3n) is 2.81. The molecule has 0 aliphatic heterocycles. The third kappa shape index (κ3) is 3.02. The number of benzene rings is 2. The first-order chi connectivity index (χ1) is 10.9. The van der Waals surface area contributed by atoms with Gasteiger partial charge < -0.3 is 9.47 Å². The smallest absolute Gasteiger partial charge is 0.321 e. The van der Waals surface area contributed by atoms with Crippen molar-refractivity contribution in [3.05, 3.63) is 72.6 Å². The standard InChI is InChI=1S/C17H11N3O2/c18-12-13-6-4-9-15(22-17-19-10-5-11-20-17)16(13)21-14-7-2-1-3-8-14/h1-11H. The zero-order valence-corrected chi connectivity index (χ0v) is 11.5. The molecule has 0 amide bonds. The molecule has 22 heavy (non-hydrogen) atoms. The van der Waals surface area contributed by atoms with E-state index in [4.69, 9.17) is 9.47 Å². The first kappa shape index (κ1) is 13.6. The maximum absolute atomic E-state index is 9.27. The number of aromatic nitrogens is 2. The van der Waals surface area contributed by atoms with E-state index in [1.807, 2.05) is 18.2 Å². The van der Waals surface area contributed by atoms with E-state index < -0.39 is 0 Å². The predicted octanol–water partition coefficient (Wildman–Crippen LogP) is 3.93. The minimum absolute atomic E-state index is 0.190. The molecule has 2 aromatic carbocycles. The van der Waals surface area contributed by atoms with Crippen molar-refractivity contribution < 1.29 is 9.47 Å². The predicted molar refractivity (Wildman–Crippen MR) is 79.8 cm³/mol. The van der Waals surface area contributed by atoms with Crippen molar-refractivity contribution in [1.29, 1.82) is 5.26 Å². The van der Waals surface area contributed by atoms with Gasteiger partial charge in [0.25, 0.3) is 0 Å². The van der Waals surface area contributed by atoms with Gasteiger partial charge in [-0.2, -0.15) is 5.26 Å². The molecule has 3 rings (SSSR count). The fourth-order valence-corrected chi connectivity index (χ4v) is 1.83. The molecule has 0 fully saturated rings. The molecule has 5 nitrogen and oxygen atoms in total. The number of nitriles is 1. The minimum atomic E-state index is 0.190. The fourth-order valence-electron chi connectivity index (χ4n) is 1.83. The van der Waals surface area contributed by atoms with Gasteiger partial charge in [-0.1, -0.05) is 24.3 Å². The molecular weight excluding hydrogens is 278 g/mol. The molecule has 0 N–H and O–H groups in total. The van der Waals surface area contributed by atoms with Gasteiger partial charge in [-0.3, -0.25) is 0 Å². The normalized spacial score (nSPS) is 9.77. The number of para-hydroxylation sites is 2. The molecule has 0 saturated carbocycles. The summed E-state index contributed by atoms with van der Waals surface area (Å²) >= 11 is 0. The Balaban J connectivity index is 1.98.